The van der Waals surface area contributed by atoms with Crippen molar-refractivity contribution in [2.45, 2.75) is 38.8 Å². The SMILES string of the molecule is CCOc1ccc(C(=O)N2CCC(NC(=O)C(C)Oc3ccc(-c4ccccc4)cc3)CC2)cc1. The van der Waals surface area contributed by atoms with Gasteiger partial charge in [-0.25, -0.2) is 0 Å². The van der Waals surface area contributed by atoms with Gasteiger partial charge in [0.25, 0.3) is 11.8 Å². The Labute approximate surface area is 206 Å². The molecule has 6 heteroatoms. The van der Waals surface area contributed by atoms with Crippen LogP contribution in [-0.4, -0.2) is 48.6 Å². The van der Waals surface area contributed by atoms with Crippen LogP contribution in [0.5, 0.6) is 11.5 Å². The highest BCUT2D eigenvalue weighted by molar-refractivity contribution is 5.94. The number of carbonyl (C=O) groups is 2. The number of likely N-dealkylation sites (tertiary alicyclic amines) is 1. The molecule has 1 heterocycles. The summed E-state index contributed by atoms with van der Waals surface area (Å²) >= 11 is 0. The lowest BCUT2D eigenvalue weighted by Crippen LogP contribution is -2.49. The van der Waals surface area contributed by atoms with Crippen LogP contribution in [0, 0.1) is 0 Å². The summed E-state index contributed by atoms with van der Waals surface area (Å²) in [6, 6.07) is 25.1. The van der Waals surface area contributed by atoms with E-state index in [1.807, 2.05) is 66.4 Å². The summed E-state index contributed by atoms with van der Waals surface area (Å²) < 4.78 is 11.3. The number of hydrogen-bond donors (Lipinski definition) is 1. The Bertz CT molecular complexity index is 1110. The number of benzene rings is 3. The van der Waals surface area contributed by atoms with Crippen LogP contribution in [-0.2, 0) is 4.79 Å². The van der Waals surface area contributed by atoms with Gasteiger partial charge in [-0.1, -0.05) is 42.5 Å². The predicted octanol–water partition coefficient (Wildman–Crippen LogP) is 4.94. The van der Waals surface area contributed by atoms with E-state index in [0.29, 0.717) is 43.9 Å². The summed E-state index contributed by atoms with van der Waals surface area (Å²) in [5.74, 6) is 1.28. The average molecular weight is 473 g/mol. The van der Waals surface area contributed by atoms with E-state index >= 15 is 0 Å². The van der Waals surface area contributed by atoms with Gasteiger partial charge in [-0.3, -0.25) is 9.59 Å². The minimum Gasteiger partial charge on any atom is -0.494 e. The van der Waals surface area contributed by atoms with E-state index in [-0.39, 0.29) is 17.9 Å². The van der Waals surface area contributed by atoms with Crippen molar-refractivity contribution < 1.29 is 19.1 Å². The molecule has 1 atom stereocenters. The molecule has 3 aromatic rings. The summed E-state index contributed by atoms with van der Waals surface area (Å²) in [7, 11) is 0. The fourth-order valence-corrected chi connectivity index (χ4v) is 4.20. The molecule has 35 heavy (non-hydrogen) atoms. The van der Waals surface area contributed by atoms with Gasteiger partial charge in [0.05, 0.1) is 6.61 Å². The van der Waals surface area contributed by atoms with Crippen LogP contribution in [0.3, 0.4) is 0 Å². The van der Waals surface area contributed by atoms with E-state index in [1.165, 1.54) is 0 Å². The van der Waals surface area contributed by atoms with Crippen molar-refractivity contribution >= 4 is 11.8 Å². The molecule has 2 amide bonds. The summed E-state index contributed by atoms with van der Waals surface area (Å²) in [5.41, 5.74) is 2.88. The zero-order chi connectivity index (χ0) is 24.6. The van der Waals surface area contributed by atoms with Crippen molar-refractivity contribution in [3.05, 3.63) is 84.4 Å². The second-order valence-corrected chi connectivity index (χ2v) is 8.68. The molecule has 182 valence electrons. The standard InChI is InChI=1S/C29H32N2O4/c1-3-34-26-13-11-24(12-14-26)29(33)31-19-17-25(18-20-31)30-28(32)21(2)35-27-15-9-23(10-16-27)22-7-5-4-6-8-22/h4-16,21,25H,3,17-20H2,1-2H3,(H,30,32). The van der Waals surface area contributed by atoms with Gasteiger partial charge in [0, 0.05) is 24.7 Å². The van der Waals surface area contributed by atoms with Crippen LogP contribution < -0.4 is 14.8 Å². The first kappa shape index (κ1) is 24.3. The van der Waals surface area contributed by atoms with Crippen molar-refractivity contribution in [2.75, 3.05) is 19.7 Å². The molecule has 1 unspecified atom stereocenters. The maximum absolute atomic E-state index is 12.8. The summed E-state index contributed by atoms with van der Waals surface area (Å²) in [5, 5.41) is 3.08. The lowest BCUT2D eigenvalue weighted by Gasteiger charge is -2.33. The number of ether oxygens (including phenoxy) is 2. The van der Waals surface area contributed by atoms with Crippen molar-refractivity contribution in [3.8, 4) is 22.6 Å². The Balaban J connectivity index is 1.23. The lowest BCUT2D eigenvalue weighted by atomic mass is 10.0. The van der Waals surface area contributed by atoms with E-state index in [2.05, 4.69) is 17.4 Å². The van der Waals surface area contributed by atoms with Gasteiger partial charge < -0.3 is 19.7 Å². The normalized spacial score (nSPS) is 14.7. The van der Waals surface area contributed by atoms with Crippen molar-refractivity contribution in [1.29, 1.82) is 0 Å². The summed E-state index contributed by atoms with van der Waals surface area (Å²) in [4.78, 5) is 27.3. The third-order valence-corrected chi connectivity index (χ3v) is 6.18. The number of rotatable bonds is 8. The molecule has 1 N–H and O–H groups in total. The van der Waals surface area contributed by atoms with Crippen molar-refractivity contribution in [2.24, 2.45) is 0 Å². The average Bonchev–Trinajstić information content (AvgIpc) is 2.90. The summed E-state index contributed by atoms with van der Waals surface area (Å²) in [6.45, 7) is 5.49. The Morgan fingerprint density at radius 3 is 2.11 bits per heavy atom. The number of amides is 2. The topological polar surface area (TPSA) is 67.9 Å². The van der Waals surface area contributed by atoms with E-state index < -0.39 is 6.10 Å². The molecule has 0 aromatic heterocycles. The van der Waals surface area contributed by atoms with Crippen LogP contribution in [0.1, 0.15) is 37.0 Å². The van der Waals surface area contributed by atoms with Gasteiger partial charge in [-0.15, -0.1) is 0 Å². The molecule has 4 rings (SSSR count). The number of nitrogens with one attached hydrogen (secondary N) is 1. The van der Waals surface area contributed by atoms with Gasteiger partial charge in [0.1, 0.15) is 11.5 Å². The molecule has 1 saturated heterocycles. The molecule has 0 aliphatic carbocycles. The van der Waals surface area contributed by atoms with Gasteiger partial charge >= 0.3 is 0 Å². The molecule has 3 aromatic carbocycles. The number of nitrogens with zero attached hydrogens (tertiary/aromatic N) is 1. The number of piperidine rings is 1. The second kappa shape index (κ2) is 11.6. The minimum atomic E-state index is -0.610. The molecule has 1 fully saturated rings. The van der Waals surface area contributed by atoms with E-state index in [0.717, 1.165) is 16.9 Å². The fourth-order valence-electron chi connectivity index (χ4n) is 4.20. The van der Waals surface area contributed by atoms with E-state index in [4.69, 9.17) is 9.47 Å². The highest BCUT2D eigenvalue weighted by Crippen LogP contribution is 2.23. The van der Waals surface area contributed by atoms with Crippen LogP contribution in [0.15, 0.2) is 78.9 Å². The maximum atomic E-state index is 12.8. The minimum absolute atomic E-state index is 0.00785. The molecule has 0 spiro atoms. The first-order valence-corrected chi connectivity index (χ1v) is 12.2. The Kier molecular flexibility index (Phi) is 8.03. The number of hydrogen-bond acceptors (Lipinski definition) is 4. The van der Waals surface area contributed by atoms with Gasteiger partial charge in [-0.05, 0) is 74.2 Å². The molecule has 6 nitrogen and oxygen atoms in total. The summed E-state index contributed by atoms with van der Waals surface area (Å²) in [6.07, 6.45) is 0.820. The molecular weight excluding hydrogens is 440 g/mol. The first-order valence-electron chi connectivity index (χ1n) is 12.2. The van der Waals surface area contributed by atoms with Crippen LogP contribution >= 0.6 is 0 Å². The third-order valence-electron chi connectivity index (χ3n) is 6.18. The van der Waals surface area contributed by atoms with Crippen molar-refractivity contribution in [1.82, 2.24) is 10.2 Å². The van der Waals surface area contributed by atoms with Crippen LogP contribution in [0.25, 0.3) is 11.1 Å². The Morgan fingerprint density at radius 2 is 1.49 bits per heavy atom. The highest BCUT2D eigenvalue weighted by Gasteiger charge is 2.26. The van der Waals surface area contributed by atoms with Gasteiger partial charge in [-0.2, -0.15) is 0 Å². The Hall–Kier alpha value is -3.80. The Morgan fingerprint density at radius 1 is 0.886 bits per heavy atom. The molecule has 1 aliphatic rings. The molecule has 0 bridgehead atoms. The first-order chi connectivity index (χ1) is 17.0. The zero-order valence-corrected chi connectivity index (χ0v) is 20.3. The highest BCUT2D eigenvalue weighted by atomic mass is 16.5. The lowest BCUT2D eigenvalue weighted by molar-refractivity contribution is -0.128. The molecule has 1 aliphatic heterocycles. The second-order valence-electron chi connectivity index (χ2n) is 8.68. The van der Waals surface area contributed by atoms with Gasteiger partial charge in [0.15, 0.2) is 6.10 Å². The monoisotopic (exact) mass is 472 g/mol. The smallest absolute Gasteiger partial charge is 0.260 e. The van der Waals surface area contributed by atoms with E-state index in [9.17, 15) is 9.59 Å². The molecule has 0 radical (unpaired) electrons. The quantitative estimate of drug-likeness (QED) is 0.504. The van der Waals surface area contributed by atoms with E-state index in [1.54, 1.807) is 19.1 Å². The fraction of sp³-hybridized carbons (Fsp3) is 0.310. The van der Waals surface area contributed by atoms with Crippen molar-refractivity contribution in [3.63, 3.8) is 0 Å². The third kappa shape index (κ3) is 6.41. The predicted molar refractivity (Wildman–Crippen MR) is 137 cm³/mol. The zero-order valence-electron chi connectivity index (χ0n) is 20.3. The molecule has 0 saturated carbocycles. The van der Waals surface area contributed by atoms with Crippen LogP contribution in [0.4, 0.5) is 0 Å². The largest absolute Gasteiger partial charge is 0.494 e. The number of carbonyl (C=O) groups excluding carboxylic acids is 2. The molecular formula is C29H32N2O4. The van der Waals surface area contributed by atoms with Crippen LogP contribution in [0.2, 0.25) is 0 Å². The van der Waals surface area contributed by atoms with Gasteiger partial charge in [0.2, 0.25) is 0 Å². The maximum Gasteiger partial charge on any atom is 0.260 e.